The van der Waals surface area contributed by atoms with Gasteiger partial charge in [-0.2, -0.15) is 0 Å². The van der Waals surface area contributed by atoms with Crippen LogP contribution in [-0.2, 0) is 0 Å². The van der Waals surface area contributed by atoms with E-state index < -0.39 is 10.8 Å². The van der Waals surface area contributed by atoms with E-state index in [1.54, 1.807) is 5.38 Å². The first kappa shape index (κ1) is 11.6. The number of hydrogen-bond donors (Lipinski definition) is 0. The van der Waals surface area contributed by atoms with Gasteiger partial charge in [0.15, 0.2) is 5.76 Å². The zero-order valence-electron chi connectivity index (χ0n) is 9.53. The van der Waals surface area contributed by atoms with Gasteiger partial charge in [0.05, 0.1) is 6.07 Å². The lowest BCUT2D eigenvalue weighted by molar-refractivity contribution is -0.402. The van der Waals surface area contributed by atoms with Crippen LogP contribution in [-0.4, -0.2) is 10.7 Å². The van der Waals surface area contributed by atoms with Crippen molar-refractivity contribution < 1.29 is 14.1 Å². The third-order valence-corrected chi connectivity index (χ3v) is 3.68. The number of nitro groups is 1. The van der Waals surface area contributed by atoms with Gasteiger partial charge in [-0.05, 0) is 12.1 Å². The van der Waals surface area contributed by atoms with Crippen molar-refractivity contribution in [2.45, 2.75) is 0 Å². The first-order chi connectivity index (χ1) is 9.16. The standard InChI is InChI=1S/C13H7NO4S/c15-13(10-5-6-12(18-10)14(16)17)9-7-19-11-4-2-1-3-8(9)11/h1-7H. The molecular weight excluding hydrogens is 266 g/mol. The summed E-state index contributed by atoms with van der Waals surface area (Å²) < 4.78 is 5.93. The molecule has 0 fully saturated rings. The largest absolute Gasteiger partial charge is 0.433 e. The van der Waals surface area contributed by atoms with Crippen LogP contribution in [0, 0.1) is 10.1 Å². The fourth-order valence-electron chi connectivity index (χ4n) is 1.83. The van der Waals surface area contributed by atoms with Crippen LogP contribution in [0.2, 0.25) is 0 Å². The highest BCUT2D eigenvalue weighted by molar-refractivity contribution is 7.17. The molecule has 0 bridgehead atoms. The molecule has 94 valence electrons. The van der Waals surface area contributed by atoms with E-state index in [1.807, 2.05) is 24.3 Å². The van der Waals surface area contributed by atoms with E-state index in [0.29, 0.717) is 5.56 Å². The van der Waals surface area contributed by atoms with Crippen LogP contribution in [0.15, 0.2) is 46.2 Å². The highest BCUT2D eigenvalue weighted by Gasteiger charge is 2.20. The van der Waals surface area contributed by atoms with Crippen LogP contribution in [0.25, 0.3) is 10.1 Å². The number of carbonyl (C=O) groups excluding carboxylic acids is 1. The molecule has 1 aromatic carbocycles. The number of carbonyl (C=O) groups is 1. The Bertz CT molecular complexity index is 787. The van der Waals surface area contributed by atoms with Crippen molar-refractivity contribution in [2.75, 3.05) is 0 Å². The molecule has 0 atom stereocenters. The Morgan fingerprint density at radius 1 is 1.21 bits per heavy atom. The van der Waals surface area contributed by atoms with Gasteiger partial charge in [-0.25, -0.2) is 0 Å². The van der Waals surface area contributed by atoms with Crippen molar-refractivity contribution in [3.05, 3.63) is 63.2 Å². The van der Waals surface area contributed by atoms with Crippen LogP contribution in [0.4, 0.5) is 5.88 Å². The lowest BCUT2D eigenvalue weighted by Gasteiger charge is -1.95. The van der Waals surface area contributed by atoms with E-state index >= 15 is 0 Å². The molecule has 2 aromatic heterocycles. The maximum absolute atomic E-state index is 12.2. The van der Waals surface area contributed by atoms with Crippen molar-refractivity contribution in [1.29, 1.82) is 0 Å². The predicted molar refractivity (Wildman–Crippen MR) is 70.6 cm³/mol. The monoisotopic (exact) mass is 273 g/mol. The number of ketones is 1. The van der Waals surface area contributed by atoms with E-state index in [1.165, 1.54) is 23.5 Å². The van der Waals surface area contributed by atoms with Gasteiger partial charge in [-0.3, -0.25) is 14.9 Å². The molecule has 0 aliphatic heterocycles. The average molecular weight is 273 g/mol. The fourth-order valence-corrected chi connectivity index (χ4v) is 2.78. The van der Waals surface area contributed by atoms with Gasteiger partial charge in [0.25, 0.3) is 0 Å². The quantitative estimate of drug-likeness (QED) is 0.415. The molecule has 2 heterocycles. The Morgan fingerprint density at radius 3 is 2.74 bits per heavy atom. The molecule has 0 radical (unpaired) electrons. The Morgan fingerprint density at radius 2 is 2.00 bits per heavy atom. The second-order valence-corrected chi connectivity index (χ2v) is 4.78. The maximum atomic E-state index is 12.2. The van der Waals surface area contributed by atoms with Gasteiger partial charge in [-0.15, -0.1) is 11.3 Å². The van der Waals surface area contributed by atoms with E-state index in [0.717, 1.165) is 10.1 Å². The molecule has 19 heavy (non-hydrogen) atoms. The normalized spacial score (nSPS) is 10.7. The molecule has 0 saturated heterocycles. The average Bonchev–Trinajstić information content (AvgIpc) is 3.05. The first-order valence-electron chi connectivity index (χ1n) is 5.42. The molecule has 3 rings (SSSR count). The van der Waals surface area contributed by atoms with Gasteiger partial charge in [0, 0.05) is 21.0 Å². The minimum atomic E-state index is -0.664. The molecule has 0 spiro atoms. The molecule has 0 N–H and O–H groups in total. The Balaban J connectivity index is 2.05. The van der Waals surface area contributed by atoms with Gasteiger partial charge in [0.1, 0.15) is 4.92 Å². The highest BCUT2D eigenvalue weighted by atomic mass is 32.1. The lowest BCUT2D eigenvalue weighted by atomic mass is 10.1. The molecule has 0 aliphatic rings. The summed E-state index contributed by atoms with van der Waals surface area (Å²) >= 11 is 1.45. The maximum Gasteiger partial charge on any atom is 0.433 e. The third-order valence-electron chi connectivity index (χ3n) is 2.72. The number of rotatable bonds is 3. The minimum absolute atomic E-state index is 0.0183. The van der Waals surface area contributed by atoms with Crippen molar-refractivity contribution in [2.24, 2.45) is 0 Å². The van der Waals surface area contributed by atoms with Gasteiger partial charge in [0.2, 0.25) is 5.78 Å². The molecule has 0 saturated carbocycles. The molecule has 0 aliphatic carbocycles. The number of fused-ring (bicyclic) bond motifs is 1. The zero-order chi connectivity index (χ0) is 13.4. The SMILES string of the molecule is O=C(c1ccc([N+](=O)[O-])o1)c1csc2ccccc12. The van der Waals surface area contributed by atoms with Crippen molar-refractivity contribution in [3.63, 3.8) is 0 Å². The van der Waals surface area contributed by atoms with Crippen LogP contribution >= 0.6 is 11.3 Å². The molecule has 6 heteroatoms. The molecule has 0 unspecified atom stereocenters. The summed E-state index contributed by atoms with van der Waals surface area (Å²) in [5.41, 5.74) is 0.504. The lowest BCUT2D eigenvalue weighted by Crippen LogP contribution is -1.98. The van der Waals surface area contributed by atoms with Gasteiger partial charge in [-0.1, -0.05) is 18.2 Å². The Kier molecular flexibility index (Phi) is 2.64. The van der Waals surface area contributed by atoms with E-state index in [-0.39, 0.29) is 11.5 Å². The summed E-state index contributed by atoms with van der Waals surface area (Å²) in [4.78, 5) is 22.1. The highest BCUT2D eigenvalue weighted by Crippen LogP contribution is 2.28. The summed E-state index contributed by atoms with van der Waals surface area (Å²) in [7, 11) is 0. The van der Waals surface area contributed by atoms with Gasteiger partial charge < -0.3 is 4.42 Å². The first-order valence-corrected chi connectivity index (χ1v) is 6.30. The predicted octanol–water partition coefficient (Wildman–Crippen LogP) is 3.63. The smallest absolute Gasteiger partial charge is 0.397 e. The molecule has 3 aromatic rings. The van der Waals surface area contributed by atoms with E-state index in [9.17, 15) is 14.9 Å². The topological polar surface area (TPSA) is 73.3 Å². The Hall–Kier alpha value is -2.47. The van der Waals surface area contributed by atoms with Crippen molar-refractivity contribution in [3.8, 4) is 0 Å². The van der Waals surface area contributed by atoms with Crippen LogP contribution in [0.3, 0.4) is 0 Å². The number of furan rings is 1. The molecular formula is C13H7NO4S. The Labute approximate surface area is 111 Å². The minimum Gasteiger partial charge on any atom is -0.397 e. The van der Waals surface area contributed by atoms with Crippen LogP contribution in [0.5, 0.6) is 0 Å². The number of hydrogen-bond acceptors (Lipinski definition) is 5. The number of thiophene rings is 1. The van der Waals surface area contributed by atoms with Crippen molar-refractivity contribution in [1.82, 2.24) is 0 Å². The summed E-state index contributed by atoms with van der Waals surface area (Å²) in [6.07, 6.45) is 0. The van der Waals surface area contributed by atoms with Crippen LogP contribution < -0.4 is 0 Å². The van der Waals surface area contributed by atoms with Crippen LogP contribution in [0.1, 0.15) is 16.1 Å². The molecule has 5 nitrogen and oxygen atoms in total. The number of nitrogens with zero attached hydrogens (tertiary/aromatic N) is 1. The van der Waals surface area contributed by atoms with E-state index in [2.05, 4.69) is 0 Å². The van der Waals surface area contributed by atoms with Gasteiger partial charge >= 0.3 is 5.88 Å². The second kappa shape index (κ2) is 4.33. The summed E-state index contributed by atoms with van der Waals surface area (Å²) in [6.45, 7) is 0. The third kappa shape index (κ3) is 1.92. The fraction of sp³-hybridized carbons (Fsp3) is 0. The summed E-state index contributed by atoms with van der Waals surface area (Å²) in [6, 6.07) is 10.0. The zero-order valence-corrected chi connectivity index (χ0v) is 10.3. The van der Waals surface area contributed by atoms with E-state index in [4.69, 9.17) is 4.42 Å². The number of benzene rings is 1. The summed E-state index contributed by atoms with van der Waals surface area (Å²) in [5, 5.41) is 13.1. The molecule has 0 amide bonds. The summed E-state index contributed by atoms with van der Waals surface area (Å²) in [5.74, 6) is -0.788. The second-order valence-electron chi connectivity index (χ2n) is 3.87. The van der Waals surface area contributed by atoms with Crippen molar-refractivity contribution >= 4 is 33.1 Å².